The summed E-state index contributed by atoms with van der Waals surface area (Å²) in [6, 6.07) is 13.5. The quantitative estimate of drug-likeness (QED) is 0.0707. The van der Waals surface area contributed by atoms with Crippen molar-refractivity contribution >= 4 is 79.9 Å². The number of carbonyl (C=O) groups excluding carboxylic acids is 4. The molecule has 4 aromatic rings. The van der Waals surface area contributed by atoms with E-state index in [1.165, 1.54) is 30.3 Å². The second kappa shape index (κ2) is 19.1. The number of aromatic nitrogens is 3. The predicted octanol–water partition coefficient (Wildman–Crippen LogP) is 9.18. The van der Waals surface area contributed by atoms with E-state index in [0.717, 1.165) is 20.5 Å². The normalized spacial score (nSPS) is 12.1. The molecule has 326 valence electrons. The predicted molar refractivity (Wildman–Crippen MR) is 228 cm³/mol. The number of hydrogen-bond acceptors (Lipinski definition) is 12. The van der Waals surface area contributed by atoms with Crippen LogP contribution >= 0.6 is 23.2 Å². The van der Waals surface area contributed by atoms with Gasteiger partial charge in [-0.25, -0.2) is 27.7 Å². The van der Waals surface area contributed by atoms with Crippen molar-refractivity contribution in [2.24, 2.45) is 0 Å². The van der Waals surface area contributed by atoms with Crippen molar-refractivity contribution in [3.8, 4) is 5.82 Å². The highest BCUT2D eigenvalue weighted by molar-refractivity contribution is 7.92. The molecule has 19 heteroatoms. The minimum Gasteiger partial charge on any atom is -0.464 e. The summed E-state index contributed by atoms with van der Waals surface area (Å²) in [5.74, 6) is -0.365. The van der Waals surface area contributed by atoms with Crippen LogP contribution in [0.4, 0.5) is 25.9 Å². The largest absolute Gasteiger partial charge is 0.464 e. The Balaban J connectivity index is 1.68. The lowest BCUT2D eigenvalue weighted by Gasteiger charge is -2.31. The molecule has 0 aliphatic carbocycles. The zero-order chi connectivity index (χ0) is 44.8. The summed E-state index contributed by atoms with van der Waals surface area (Å²) in [6.07, 6.45) is 0.344. The minimum absolute atomic E-state index is 0.0489. The summed E-state index contributed by atoms with van der Waals surface area (Å²) < 4.78 is 52.6. The summed E-state index contributed by atoms with van der Waals surface area (Å²) >= 11 is 12.3. The van der Waals surface area contributed by atoms with Gasteiger partial charge >= 0.3 is 24.2 Å². The van der Waals surface area contributed by atoms with E-state index in [0.29, 0.717) is 23.1 Å². The lowest BCUT2D eigenvalue weighted by molar-refractivity contribution is -0.141. The van der Waals surface area contributed by atoms with Crippen LogP contribution in [0.1, 0.15) is 82.1 Å². The van der Waals surface area contributed by atoms with E-state index in [1.807, 2.05) is 6.92 Å². The van der Waals surface area contributed by atoms with E-state index < -0.39 is 57.6 Å². The number of carbonyl (C=O) groups is 4. The average molecular weight is 892 g/mol. The Kier molecular flexibility index (Phi) is 15.1. The van der Waals surface area contributed by atoms with Crippen LogP contribution in [0.25, 0.3) is 16.7 Å². The molecular weight excluding hydrogens is 839 g/mol. The van der Waals surface area contributed by atoms with Crippen LogP contribution in [0, 0.1) is 0 Å². The van der Waals surface area contributed by atoms with Gasteiger partial charge in [-0.3, -0.25) is 18.6 Å². The van der Waals surface area contributed by atoms with Gasteiger partial charge < -0.3 is 18.9 Å². The number of nitrogens with zero attached hydrogens (tertiary/aromatic N) is 6. The van der Waals surface area contributed by atoms with Crippen LogP contribution in [-0.2, 0) is 33.8 Å². The Bertz CT molecular complexity index is 2250. The number of amides is 3. The van der Waals surface area contributed by atoms with Crippen LogP contribution in [0.15, 0.2) is 65.7 Å². The van der Waals surface area contributed by atoms with Crippen molar-refractivity contribution in [3.63, 3.8) is 0 Å². The molecular formula is C41H52Cl2N6O10S. The van der Waals surface area contributed by atoms with Crippen molar-refractivity contribution in [2.75, 3.05) is 35.4 Å². The molecule has 0 atom stereocenters. The molecule has 0 unspecified atom stereocenters. The van der Waals surface area contributed by atoms with Gasteiger partial charge in [0.1, 0.15) is 23.3 Å². The molecule has 60 heavy (non-hydrogen) atoms. The number of rotatable bonds is 13. The van der Waals surface area contributed by atoms with Crippen molar-refractivity contribution in [1.29, 1.82) is 0 Å². The van der Waals surface area contributed by atoms with E-state index in [2.05, 4.69) is 10.2 Å². The second-order valence-electron chi connectivity index (χ2n) is 16.6. The van der Waals surface area contributed by atoms with E-state index >= 15 is 0 Å². The third kappa shape index (κ3) is 13.2. The highest BCUT2D eigenvalue weighted by Gasteiger charge is 2.34. The molecule has 16 nitrogen and oxygen atoms in total. The van der Waals surface area contributed by atoms with Gasteiger partial charge in [0.05, 0.1) is 29.3 Å². The van der Waals surface area contributed by atoms with Crippen molar-refractivity contribution in [2.45, 2.75) is 104 Å². The smallest absolute Gasteiger partial charge is 0.419 e. The molecule has 3 amide bonds. The molecule has 0 spiro atoms. The molecule has 2 heterocycles. The summed E-state index contributed by atoms with van der Waals surface area (Å²) in [5.41, 5.74) is -2.00. The first-order chi connectivity index (χ1) is 27.8. The fourth-order valence-corrected chi connectivity index (χ4v) is 7.52. The number of unbranched alkanes of at least 4 members (excludes halogenated alkanes) is 1. The van der Waals surface area contributed by atoms with Crippen LogP contribution in [-0.4, -0.2) is 95.4 Å². The number of hydrogen-bond donors (Lipinski definition) is 0. The van der Waals surface area contributed by atoms with Gasteiger partial charge in [-0.05, 0) is 123 Å². The van der Waals surface area contributed by atoms with Gasteiger partial charge in [0.15, 0.2) is 11.6 Å². The molecule has 0 bridgehead atoms. The van der Waals surface area contributed by atoms with E-state index in [9.17, 15) is 27.6 Å². The Labute approximate surface area is 360 Å². The molecule has 0 aliphatic heterocycles. The maximum atomic E-state index is 14.0. The highest BCUT2D eigenvalue weighted by Crippen LogP contribution is 2.32. The molecule has 0 N–H and O–H groups in total. The monoisotopic (exact) mass is 890 g/mol. The molecule has 0 saturated heterocycles. The molecule has 4 rings (SSSR count). The molecule has 0 radical (unpaired) electrons. The first-order valence-electron chi connectivity index (χ1n) is 19.1. The van der Waals surface area contributed by atoms with Gasteiger partial charge in [-0.2, -0.15) is 0 Å². The third-order valence-corrected chi connectivity index (χ3v) is 10.2. The highest BCUT2D eigenvalue weighted by atomic mass is 35.5. The maximum Gasteiger partial charge on any atom is 0.419 e. The van der Waals surface area contributed by atoms with Gasteiger partial charge in [-0.1, -0.05) is 36.5 Å². The Morgan fingerprint density at radius 3 is 1.85 bits per heavy atom. The lowest BCUT2D eigenvalue weighted by Crippen LogP contribution is -2.48. The van der Waals surface area contributed by atoms with Gasteiger partial charge in [0.2, 0.25) is 0 Å². The summed E-state index contributed by atoms with van der Waals surface area (Å²) in [6.45, 7) is 15.9. The fourth-order valence-electron chi connectivity index (χ4n) is 5.40. The number of imide groups is 1. The summed E-state index contributed by atoms with van der Waals surface area (Å²) in [7, 11) is -4.37. The Hall–Kier alpha value is -5.13. The van der Waals surface area contributed by atoms with Gasteiger partial charge in [-0.15, -0.1) is 10.2 Å². The summed E-state index contributed by atoms with van der Waals surface area (Å²) in [5, 5.41) is 9.47. The topological polar surface area (TPSA) is 180 Å². The number of anilines is 2. The van der Waals surface area contributed by atoms with Gasteiger partial charge in [0.25, 0.3) is 10.0 Å². The number of esters is 1. The van der Waals surface area contributed by atoms with E-state index in [4.69, 9.17) is 42.1 Å². The number of benzene rings is 2. The molecule has 0 aliphatic rings. The maximum absolute atomic E-state index is 14.0. The third-order valence-electron chi connectivity index (χ3n) is 7.97. The summed E-state index contributed by atoms with van der Waals surface area (Å²) in [4.78, 5) is 54.5. The zero-order valence-electron chi connectivity index (χ0n) is 35.4. The van der Waals surface area contributed by atoms with Crippen LogP contribution in [0.5, 0.6) is 0 Å². The van der Waals surface area contributed by atoms with Gasteiger partial charge in [0, 0.05) is 28.2 Å². The zero-order valence-corrected chi connectivity index (χ0v) is 37.8. The van der Waals surface area contributed by atoms with Crippen LogP contribution in [0.3, 0.4) is 0 Å². The molecule has 2 aromatic heterocycles. The minimum atomic E-state index is -4.37. The number of ether oxygens (including phenoxy) is 4. The number of sulfonamides is 1. The first kappa shape index (κ1) is 47.5. The second-order valence-corrected chi connectivity index (χ2v) is 19.3. The number of fused-ring (bicyclic) bond motifs is 1. The van der Waals surface area contributed by atoms with Crippen molar-refractivity contribution in [1.82, 2.24) is 19.7 Å². The lowest BCUT2D eigenvalue weighted by atomic mass is 10.2. The Morgan fingerprint density at radius 2 is 1.32 bits per heavy atom. The first-order valence-corrected chi connectivity index (χ1v) is 21.3. The fraction of sp³-hybridized carbons (Fsp3) is 0.463. The molecule has 0 fully saturated rings. The SMILES string of the molecule is CCCCOC(=O)CN(c1ccc2c(ccn2-c2ccc(N(CCN(C(=O)OC(C)(C)C)C(=O)OC(C)(C)C)C(=O)OC(C)(C)C)nn2)c1)S(=O)(=O)c1cc(Cl)cc(Cl)c1. The van der Waals surface area contributed by atoms with E-state index in [1.54, 1.807) is 97.3 Å². The average Bonchev–Trinajstić information content (AvgIpc) is 3.53. The van der Waals surface area contributed by atoms with Crippen LogP contribution in [0.2, 0.25) is 10.0 Å². The van der Waals surface area contributed by atoms with E-state index in [-0.39, 0.29) is 46.1 Å². The molecule has 2 aromatic carbocycles. The standard InChI is InChI=1S/C41H52Cl2N6O10S/c1-11-12-21-56-35(50)26-49(60(54,55)31-24-28(42)23-29(43)25-31)30-13-14-32-27(22-30)17-18-46(32)33-15-16-34(45-44-33)47(36(51)57-39(2,3)4)19-20-48(37(52)58-40(5,6)7)38(53)59-41(8,9)10/h13-18,22-25H,11-12,19-21,26H2,1-10H3. The molecule has 0 saturated carbocycles. The van der Waals surface area contributed by atoms with Crippen molar-refractivity contribution in [3.05, 3.63) is 70.8 Å². The Morgan fingerprint density at radius 1 is 0.733 bits per heavy atom. The van der Waals surface area contributed by atoms with Crippen molar-refractivity contribution < 1.29 is 46.5 Å². The van der Waals surface area contributed by atoms with Crippen LogP contribution < -0.4 is 9.21 Å². The number of halogens is 2.